The molecule has 0 aromatic carbocycles. The van der Waals surface area contributed by atoms with Gasteiger partial charge in [-0.05, 0) is 38.5 Å². The summed E-state index contributed by atoms with van der Waals surface area (Å²) in [5.41, 5.74) is 0. The van der Waals surface area contributed by atoms with Crippen molar-refractivity contribution in [3.63, 3.8) is 0 Å². The van der Waals surface area contributed by atoms with Gasteiger partial charge in [-0.15, -0.1) is 0 Å². The predicted octanol–water partition coefficient (Wildman–Crippen LogP) is 9.07. The number of phosphoric ester groups is 1. The van der Waals surface area contributed by atoms with E-state index in [-0.39, 0.29) is 25.6 Å². The zero-order valence-electron chi connectivity index (χ0n) is 29.6. The molecule has 0 rings (SSSR count). The molecular weight excluding hydrogens is 593 g/mol. The number of phosphoric acid groups is 1. The van der Waals surface area contributed by atoms with Crippen LogP contribution in [0.25, 0.3) is 0 Å². The monoisotopic (exact) mass is 662 g/mol. The molecule has 2 unspecified atom stereocenters. The molecule has 266 valence electrons. The Bertz CT molecular complexity index is 799. The maximum atomic E-state index is 12.6. The summed E-state index contributed by atoms with van der Waals surface area (Å²) in [6, 6.07) is 0. The average molecular weight is 663 g/mol. The van der Waals surface area contributed by atoms with Gasteiger partial charge in [0.1, 0.15) is 19.8 Å². The summed E-state index contributed by atoms with van der Waals surface area (Å²) in [5, 5.41) is 0. The molecule has 0 aromatic heterocycles. The molecule has 0 heterocycles. The second-order valence-corrected chi connectivity index (χ2v) is 14.7. The molecule has 0 aromatic rings. The fourth-order valence-corrected chi connectivity index (χ4v) is 5.39. The molecule has 0 spiro atoms. The first-order valence-corrected chi connectivity index (χ1v) is 19.4. The van der Waals surface area contributed by atoms with Gasteiger partial charge in [0.2, 0.25) is 0 Å². The highest BCUT2D eigenvalue weighted by Gasteiger charge is 2.27. The SMILES string of the molecule is CCCCC/C=C\CCCCCCCC(=O)OC(COC(=O)CCCCCCCCCCC)COP(=O)(O)OCC[N+](C)(C)C. The van der Waals surface area contributed by atoms with Gasteiger partial charge in [0.05, 0.1) is 27.7 Å². The lowest BCUT2D eigenvalue weighted by atomic mass is 10.1. The summed E-state index contributed by atoms with van der Waals surface area (Å²) < 4.78 is 34.0. The quantitative estimate of drug-likeness (QED) is 0.0250. The Morgan fingerprint density at radius 2 is 1.13 bits per heavy atom. The number of rotatable bonds is 32. The van der Waals surface area contributed by atoms with E-state index in [1.54, 1.807) is 0 Å². The number of allylic oxidation sites excluding steroid dienone is 2. The Hall–Kier alpha value is -1.25. The van der Waals surface area contributed by atoms with E-state index < -0.39 is 26.5 Å². The molecule has 0 bridgehead atoms. The number of esters is 2. The Morgan fingerprint density at radius 3 is 1.69 bits per heavy atom. The number of hydrogen-bond donors (Lipinski definition) is 1. The first-order chi connectivity index (χ1) is 21.5. The second-order valence-electron chi connectivity index (χ2n) is 13.3. The third-order valence-electron chi connectivity index (χ3n) is 7.55. The van der Waals surface area contributed by atoms with Gasteiger partial charge in [-0.2, -0.15) is 0 Å². The van der Waals surface area contributed by atoms with Gasteiger partial charge in [-0.25, -0.2) is 4.57 Å². The number of unbranched alkanes of at least 4 members (excludes halogenated alkanes) is 16. The first-order valence-electron chi connectivity index (χ1n) is 17.9. The molecule has 2 atom stereocenters. The standard InChI is InChI=1S/C35H68NO8P/c1-6-8-10-12-14-16-17-18-20-22-24-26-28-35(38)44-33(32-43-45(39,40)42-30-29-36(3,4)5)31-41-34(37)27-25-23-21-19-15-13-11-9-7-2/h14,16,33H,6-13,15,17-32H2,1-5H3/p+1/b16-14-. The van der Waals surface area contributed by atoms with Crippen LogP contribution in [0.5, 0.6) is 0 Å². The van der Waals surface area contributed by atoms with Crippen LogP contribution < -0.4 is 0 Å². The lowest BCUT2D eigenvalue weighted by Gasteiger charge is -2.24. The third kappa shape index (κ3) is 32.5. The number of carbonyl (C=O) groups is 2. The Morgan fingerprint density at radius 1 is 0.667 bits per heavy atom. The highest BCUT2D eigenvalue weighted by molar-refractivity contribution is 7.47. The van der Waals surface area contributed by atoms with Gasteiger partial charge in [-0.1, -0.05) is 109 Å². The summed E-state index contributed by atoms with van der Waals surface area (Å²) in [6.07, 6.45) is 25.5. The molecule has 10 heteroatoms. The highest BCUT2D eigenvalue weighted by atomic mass is 31.2. The minimum atomic E-state index is -4.36. The van der Waals surface area contributed by atoms with Gasteiger partial charge in [0.25, 0.3) is 0 Å². The first kappa shape index (κ1) is 43.8. The van der Waals surface area contributed by atoms with Crippen molar-refractivity contribution in [1.82, 2.24) is 0 Å². The number of carbonyl (C=O) groups excluding carboxylic acids is 2. The van der Waals surface area contributed by atoms with E-state index in [0.29, 0.717) is 23.9 Å². The predicted molar refractivity (Wildman–Crippen MR) is 183 cm³/mol. The fourth-order valence-electron chi connectivity index (χ4n) is 4.65. The van der Waals surface area contributed by atoms with Crippen LogP contribution in [0.2, 0.25) is 0 Å². The van der Waals surface area contributed by atoms with Crippen molar-refractivity contribution in [3.8, 4) is 0 Å². The van der Waals surface area contributed by atoms with Gasteiger partial charge < -0.3 is 18.9 Å². The molecule has 0 aliphatic heterocycles. The summed E-state index contributed by atoms with van der Waals surface area (Å²) in [5.74, 6) is -0.812. The molecule has 0 aliphatic rings. The van der Waals surface area contributed by atoms with E-state index in [2.05, 4.69) is 26.0 Å². The van der Waals surface area contributed by atoms with Crippen LogP contribution in [0.15, 0.2) is 12.2 Å². The molecule has 0 fully saturated rings. The second kappa shape index (κ2) is 28.9. The zero-order chi connectivity index (χ0) is 33.7. The van der Waals surface area contributed by atoms with Gasteiger partial charge in [-0.3, -0.25) is 18.6 Å². The largest absolute Gasteiger partial charge is 0.472 e. The number of quaternary nitrogens is 1. The number of ether oxygens (including phenoxy) is 2. The van der Waals surface area contributed by atoms with E-state index in [9.17, 15) is 19.0 Å². The minimum absolute atomic E-state index is 0.0324. The average Bonchev–Trinajstić information content (AvgIpc) is 2.97. The van der Waals surface area contributed by atoms with Crippen molar-refractivity contribution in [2.24, 2.45) is 0 Å². The molecule has 0 saturated carbocycles. The Balaban J connectivity index is 4.49. The van der Waals surface area contributed by atoms with Crippen LogP contribution in [-0.2, 0) is 32.7 Å². The van der Waals surface area contributed by atoms with Crippen LogP contribution in [0.4, 0.5) is 0 Å². The van der Waals surface area contributed by atoms with Crippen LogP contribution in [-0.4, -0.2) is 74.9 Å². The smallest absolute Gasteiger partial charge is 0.462 e. The van der Waals surface area contributed by atoms with Crippen molar-refractivity contribution < 1.29 is 42.1 Å². The van der Waals surface area contributed by atoms with E-state index >= 15 is 0 Å². The summed E-state index contributed by atoms with van der Waals surface area (Å²) in [7, 11) is 1.47. The van der Waals surface area contributed by atoms with Crippen LogP contribution in [0.3, 0.4) is 0 Å². The van der Waals surface area contributed by atoms with Crippen LogP contribution in [0, 0.1) is 0 Å². The Labute approximate surface area is 276 Å². The lowest BCUT2D eigenvalue weighted by molar-refractivity contribution is -0.870. The fraction of sp³-hybridized carbons (Fsp3) is 0.886. The van der Waals surface area contributed by atoms with Gasteiger partial charge in [0, 0.05) is 12.8 Å². The normalized spacial score (nSPS) is 14.0. The number of likely N-dealkylation sites (N-methyl/N-ethyl adjacent to an activating group) is 1. The maximum Gasteiger partial charge on any atom is 0.472 e. The van der Waals surface area contributed by atoms with Crippen molar-refractivity contribution in [2.75, 3.05) is 47.5 Å². The van der Waals surface area contributed by atoms with Crippen molar-refractivity contribution in [2.45, 2.75) is 155 Å². The topological polar surface area (TPSA) is 108 Å². The molecule has 45 heavy (non-hydrogen) atoms. The van der Waals surface area contributed by atoms with Gasteiger partial charge in [0.15, 0.2) is 6.10 Å². The van der Waals surface area contributed by atoms with Crippen molar-refractivity contribution in [1.29, 1.82) is 0 Å². The van der Waals surface area contributed by atoms with Crippen LogP contribution in [0.1, 0.15) is 149 Å². The summed E-state index contributed by atoms with van der Waals surface area (Å²) >= 11 is 0. The molecule has 0 amide bonds. The Kier molecular flexibility index (Phi) is 28.1. The van der Waals surface area contributed by atoms with E-state index in [4.69, 9.17) is 18.5 Å². The number of nitrogens with zero attached hydrogens (tertiary/aromatic N) is 1. The molecule has 1 N–H and O–H groups in total. The maximum absolute atomic E-state index is 12.6. The van der Waals surface area contributed by atoms with E-state index in [1.807, 2.05) is 21.1 Å². The van der Waals surface area contributed by atoms with Crippen molar-refractivity contribution in [3.05, 3.63) is 12.2 Å². The molecule has 0 saturated heterocycles. The van der Waals surface area contributed by atoms with Crippen LogP contribution >= 0.6 is 7.82 Å². The third-order valence-corrected chi connectivity index (χ3v) is 8.53. The van der Waals surface area contributed by atoms with Crippen molar-refractivity contribution >= 4 is 19.8 Å². The molecule has 0 radical (unpaired) electrons. The zero-order valence-corrected chi connectivity index (χ0v) is 30.5. The lowest BCUT2D eigenvalue weighted by Crippen LogP contribution is -2.37. The molecule has 9 nitrogen and oxygen atoms in total. The highest BCUT2D eigenvalue weighted by Crippen LogP contribution is 2.43. The van der Waals surface area contributed by atoms with Gasteiger partial charge >= 0.3 is 19.8 Å². The molecule has 0 aliphatic carbocycles. The van der Waals surface area contributed by atoms with E-state index in [0.717, 1.165) is 51.4 Å². The van der Waals surface area contributed by atoms with E-state index in [1.165, 1.54) is 64.2 Å². The minimum Gasteiger partial charge on any atom is -0.462 e. The summed E-state index contributed by atoms with van der Waals surface area (Å²) in [4.78, 5) is 35.0. The molecular formula is C35H69NO8P+. The summed E-state index contributed by atoms with van der Waals surface area (Å²) in [6.45, 7) is 4.34. The number of hydrogen-bond acceptors (Lipinski definition) is 7.